The lowest BCUT2D eigenvalue weighted by Gasteiger charge is -2.08. The van der Waals surface area contributed by atoms with E-state index in [2.05, 4.69) is 11.4 Å². The molecule has 0 aromatic heterocycles. The zero-order chi connectivity index (χ0) is 16.2. The maximum absolute atomic E-state index is 12.9. The van der Waals surface area contributed by atoms with Crippen LogP contribution in [0.1, 0.15) is 16.7 Å². The number of rotatable bonds is 4. The normalized spacial score (nSPS) is 11.9. The fourth-order valence-corrected chi connectivity index (χ4v) is 1.65. The molecule has 0 aliphatic rings. The van der Waals surface area contributed by atoms with Gasteiger partial charge in [-0.25, -0.2) is 8.78 Å². The van der Waals surface area contributed by atoms with Crippen LogP contribution in [0.15, 0.2) is 47.6 Å². The Morgan fingerprint density at radius 2 is 1.73 bits per heavy atom. The highest BCUT2D eigenvalue weighted by molar-refractivity contribution is 5.81. The van der Waals surface area contributed by atoms with Crippen molar-refractivity contribution in [2.45, 2.75) is 12.8 Å². The minimum absolute atomic E-state index is 0.224. The number of hydrogen-bond donors (Lipinski definition) is 0. The third kappa shape index (κ3) is 4.03. The molecule has 0 N–H and O–H groups in total. The van der Waals surface area contributed by atoms with Crippen LogP contribution in [0.5, 0.6) is 0 Å². The predicted octanol–water partition coefficient (Wildman–Crippen LogP) is 4.41. The van der Waals surface area contributed by atoms with Gasteiger partial charge in [0.1, 0.15) is 12.8 Å². The molecule has 0 aliphatic heterocycles. The van der Waals surface area contributed by atoms with Crippen LogP contribution >= 0.6 is 0 Å². The first-order valence-electron chi connectivity index (χ1n) is 6.06. The Hall–Kier alpha value is -2.44. The van der Waals surface area contributed by atoms with Crippen molar-refractivity contribution in [2.24, 2.45) is 5.16 Å². The van der Waals surface area contributed by atoms with Gasteiger partial charge in [0.25, 0.3) is 0 Å². The molecule has 0 fully saturated rings. The van der Waals surface area contributed by atoms with Gasteiger partial charge in [-0.15, -0.1) is 0 Å². The smallest absolute Gasteiger partial charge is 0.390 e. The molecular formula is C15H9F5NO. The summed E-state index contributed by atoms with van der Waals surface area (Å²) in [6.45, 7) is -0.224. The monoisotopic (exact) mass is 314 g/mol. The summed E-state index contributed by atoms with van der Waals surface area (Å²) in [6.07, 6.45) is -2.40. The maximum Gasteiger partial charge on any atom is 0.417 e. The van der Waals surface area contributed by atoms with Crippen LogP contribution in [0.2, 0.25) is 0 Å². The van der Waals surface area contributed by atoms with Crippen molar-refractivity contribution < 1.29 is 26.8 Å². The molecule has 115 valence electrons. The van der Waals surface area contributed by atoms with E-state index in [4.69, 9.17) is 4.84 Å². The largest absolute Gasteiger partial charge is 0.417 e. The zero-order valence-electron chi connectivity index (χ0n) is 11.0. The van der Waals surface area contributed by atoms with Crippen molar-refractivity contribution in [3.63, 3.8) is 0 Å². The first-order chi connectivity index (χ1) is 10.4. The Morgan fingerprint density at radius 1 is 1.00 bits per heavy atom. The summed E-state index contributed by atoms with van der Waals surface area (Å²) >= 11 is 0. The Balaban J connectivity index is 2.03. The van der Waals surface area contributed by atoms with Crippen LogP contribution in [-0.2, 0) is 17.6 Å². The summed E-state index contributed by atoms with van der Waals surface area (Å²) in [5, 5.41) is 3.30. The SMILES string of the molecule is Fc1ccc(CO/N=[C]\c2ccccc2C(F)(F)F)cc1F. The number of halogens is 5. The molecule has 0 amide bonds. The van der Waals surface area contributed by atoms with Gasteiger partial charge in [0.05, 0.1) is 5.56 Å². The second-order valence-electron chi connectivity index (χ2n) is 4.27. The van der Waals surface area contributed by atoms with E-state index < -0.39 is 23.4 Å². The molecule has 0 saturated heterocycles. The van der Waals surface area contributed by atoms with E-state index in [1.165, 1.54) is 24.3 Å². The Kier molecular flexibility index (Phi) is 4.75. The van der Waals surface area contributed by atoms with Crippen molar-refractivity contribution in [3.8, 4) is 0 Å². The Labute approximate surface area is 122 Å². The van der Waals surface area contributed by atoms with E-state index >= 15 is 0 Å². The molecule has 0 atom stereocenters. The fourth-order valence-electron chi connectivity index (χ4n) is 1.65. The maximum atomic E-state index is 12.9. The van der Waals surface area contributed by atoms with Crippen molar-refractivity contribution in [1.29, 1.82) is 0 Å². The molecule has 0 saturated carbocycles. The topological polar surface area (TPSA) is 21.6 Å². The van der Waals surface area contributed by atoms with E-state index in [1.54, 1.807) is 0 Å². The van der Waals surface area contributed by atoms with Crippen molar-refractivity contribution >= 4 is 6.21 Å². The molecular weight excluding hydrogens is 305 g/mol. The van der Waals surface area contributed by atoms with Crippen LogP contribution < -0.4 is 0 Å². The highest BCUT2D eigenvalue weighted by Crippen LogP contribution is 2.31. The third-order valence-electron chi connectivity index (χ3n) is 2.68. The minimum Gasteiger partial charge on any atom is -0.390 e. The highest BCUT2D eigenvalue weighted by Gasteiger charge is 2.32. The summed E-state index contributed by atoms with van der Waals surface area (Å²) in [4.78, 5) is 4.74. The molecule has 22 heavy (non-hydrogen) atoms. The average Bonchev–Trinajstić information content (AvgIpc) is 2.46. The minimum atomic E-state index is -4.53. The van der Waals surface area contributed by atoms with Gasteiger partial charge in [0.2, 0.25) is 0 Å². The summed E-state index contributed by atoms with van der Waals surface area (Å²) in [5.74, 6) is -2.05. The van der Waals surface area contributed by atoms with Crippen LogP contribution in [0.25, 0.3) is 0 Å². The molecule has 7 heteroatoms. The number of hydrogen-bond acceptors (Lipinski definition) is 2. The first kappa shape index (κ1) is 15.9. The fraction of sp³-hybridized carbons (Fsp3) is 0.133. The lowest BCUT2D eigenvalue weighted by atomic mass is 10.1. The molecule has 0 heterocycles. The summed E-state index contributed by atoms with van der Waals surface area (Å²) in [5.41, 5.74) is -0.885. The molecule has 0 spiro atoms. The Bertz CT molecular complexity index is 682. The second kappa shape index (κ2) is 6.55. The van der Waals surface area contributed by atoms with Crippen LogP contribution in [0, 0.1) is 11.6 Å². The van der Waals surface area contributed by atoms with E-state index in [-0.39, 0.29) is 17.7 Å². The lowest BCUT2D eigenvalue weighted by molar-refractivity contribution is -0.137. The molecule has 2 nitrogen and oxygen atoms in total. The predicted molar refractivity (Wildman–Crippen MR) is 69.1 cm³/mol. The first-order valence-corrected chi connectivity index (χ1v) is 6.06. The van der Waals surface area contributed by atoms with Crippen molar-refractivity contribution in [3.05, 3.63) is 70.8 Å². The molecule has 2 aromatic carbocycles. The molecule has 0 unspecified atom stereocenters. The van der Waals surface area contributed by atoms with E-state index in [0.29, 0.717) is 0 Å². The molecule has 0 bridgehead atoms. The highest BCUT2D eigenvalue weighted by atomic mass is 19.4. The standard InChI is InChI=1S/C15H9F5NO/c16-13-6-5-10(7-14(13)17)9-22-21-8-11-3-1-2-4-12(11)15(18,19)20/h1-7H,9H2. The van der Waals surface area contributed by atoms with Gasteiger partial charge in [-0.1, -0.05) is 29.4 Å². The van der Waals surface area contributed by atoms with Crippen LogP contribution in [0.3, 0.4) is 0 Å². The average molecular weight is 314 g/mol. The van der Waals surface area contributed by atoms with E-state index in [9.17, 15) is 22.0 Å². The van der Waals surface area contributed by atoms with Gasteiger partial charge in [0.15, 0.2) is 11.6 Å². The van der Waals surface area contributed by atoms with Gasteiger partial charge in [0, 0.05) is 5.56 Å². The van der Waals surface area contributed by atoms with Crippen LogP contribution in [0.4, 0.5) is 22.0 Å². The summed E-state index contributed by atoms with van der Waals surface area (Å²) < 4.78 is 63.8. The van der Waals surface area contributed by atoms with Crippen LogP contribution in [-0.4, -0.2) is 6.21 Å². The Morgan fingerprint density at radius 3 is 2.41 bits per heavy atom. The molecule has 2 rings (SSSR count). The number of benzene rings is 2. The van der Waals surface area contributed by atoms with Gasteiger partial charge < -0.3 is 4.84 Å². The van der Waals surface area contributed by atoms with Crippen molar-refractivity contribution in [1.82, 2.24) is 0 Å². The summed E-state index contributed by atoms with van der Waals surface area (Å²) in [7, 11) is 0. The zero-order valence-corrected chi connectivity index (χ0v) is 11.0. The third-order valence-corrected chi connectivity index (χ3v) is 2.68. The molecule has 2 aromatic rings. The van der Waals surface area contributed by atoms with Gasteiger partial charge in [-0.2, -0.15) is 13.2 Å². The quantitative estimate of drug-likeness (QED) is 0.465. The molecule has 1 radical (unpaired) electrons. The number of alkyl halides is 3. The van der Waals surface area contributed by atoms with Gasteiger partial charge >= 0.3 is 6.18 Å². The van der Waals surface area contributed by atoms with Gasteiger partial charge in [-0.3, -0.25) is 0 Å². The van der Waals surface area contributed by atoms with E-state index in [1.807, 2.05) is 0 Å². The number of nitrogens with zero attached hydrogens (tertiary/aromatic N) is 1. The molecule has 0 aliphatic carbocycles. The van der Waals surface area contributed by atoms with Gasteiger partial charge in [-0.05, 0) is 23.8 Å². The second-order valence-corrected chi connectivity index (χ2v) is 4.27. The summed E-state index contributed by atoms with van der Waals surface area (Å²) in [6, 6.07) is 7.84. The van der Waals surface area contributed by atoms with Crippen molar-refractivity contribution in [2.75, 3.05) is 0 Å². The lowest BCUT2D eigenvalue weighted by Crippen LogP contribution is -2.08. The van der Waals surface area contributed by atoms with E-state index in [0.717, 1.165) is 18.2 Å².